The highest BCUT2D eigenvalue weighted by Crippen LogP contribution is 2.29. The normalized spacial score (nSPS) is 13.6. The summed E-state index contributed by atoms with van der Waals surface area (Å²) in [5.41, 5.74) is 2.30. The summed E-state index contributed by atoms with van der Waals surface area (Å²) in [6, 6.07) is 20.2. The van der Waals surface area contributed by atoms with Crippen molar-refractivity contribution in [2.24, 2.45) is 11.8 Å². The Hall–Kier alpha value is -2.13. The maximum Gasteiger partial charge on any atom is 0.310 e. The lowest BCUT2D eigenvalue weighted by molar-refractivity contribution is -0.148. The van der Waals surface area contributed by atoms with Crippen molar-refractivity contribution >= 4 is 5.97 Å². The van der Waals surface area contributed by atoms with Crippen LogP contribution in [0.1, 0.15) is 31.0 Å². The van der Waals surface area contributed by atoms with Gasteiger partial charge in [0.05, 0.1) is 13.0 Å². The van der Waals surface area contributed by atoms with E-state index in [1.807, 2.05) is 36.4 Å². The van der Waals surface area contributed by atoms with Crippen molar-refractivity contribution in [3.05, 3.63) is 71.8 Å². The summed E-state index contributed by atoms with van der Waals surface area (Å²) in [4.78, 5) is 12.3. The summed E-state index contributed by atoms with van der Waals surface area (Å²) in [5.74, 6) is -0.226. The molecule has 0 aliphatic rings. The smallest absolute Gasteiger partial charge is 0.310 e. The second kappa shape index (κ2) is 8.49. The molecule has 3 nitrogen and oxygen atoms in total. The third-order valence-electron chi connectivity index (χ3n) is 4.08. The predicted molar refractivity (Wildman–Crippen MR) is 92.8 cm³/mol. The van der Waals surface area contributed by atoms with Gasteiger partial charge in [-0.2, -0.15) is 0 Å². The number of hydrogen-bond acceptors (Lipinski definition) is 3. The number of methoxy groups -OCH3 is 1. The Morgan fingerprint density at radius 2 is 1.57 bits per heavy atom. The van der Waals surface area contributed by atoms with E-state index in [9.17, 15) is 4.79 Å². The molecule has 0 saturated carbocycles. The number of ether oxygens (including phenoxy) is 1. The Morgan fingerprint density at radius 3 is 2.09 bits per heavy atom. The summed E-state index contributed by atoms with van der Waals surface area (Å²) in [5, 5.41) is 3.55. The highest BCUT2D eigenvalue weighted by Gasteiger charge is 2.32. The van der Waals surface area contributed by atoms with E-state index in [-0.39, 0.29) is 23.8 Å². The van der Waals surface area contributed by atoms with Crippen LogP contribution in [0.15, 0.2) is 60.7 Å². The Bertz CT molecular complexity index is 596. The third kappa shape index (κ3) is 4.67. The van der Waals surface area contributed by atoms with Gasteiger partial charge in [0.15, 0.2) is 0 Å². The zero-order chi connectivity index (χ0) is 16.7. The van der Waals surface area contributed by atoms with Crippen LogP contribution in [0.25, 0.3) is 0 Å². The largest absolute Gasteiger partial charge is 0.469 e. The molecule has 0 spiro atoms. The van der Waals surface area contributed by atoms with Gasteiger partial charge in [-0.3, -0.25) is 4.79 Å². The molecule has 0 bridgehead atoms. The fraction of sp³-hybridized carbons (Fsp3) is 0.350. The van der Waals surface area contributed by atoms with Crippen LogP contribution >= 0.6 is 0 Å². The standard InChI is InChI=1S/C20H25NO2/c1-15(2)18(20(22)23-3)19(17-12-8-5-9-13-17)21-14-16-10-6-4-7-11-16/h4-13,15,18-19,21H,14H2,1-3H3/t18-,19+/m0/s1. The molecule has 0 heterocycles. The van der Waals surface area contributed by atoms with Gasteiger partial charge in [0.25, 0.3) is 0 Å². The van der Waals surface area contributed by atoms with Crippen molar-refractivity contribution in [3.63, 3.8) is 0 Å². The molecule has 0 amide bonds. The van der Waals surface area contributed by atoms with Gasteiger partial charge in [0, 0.05) is 12.6 Å². The monoisotopic (exact) mass is 311 g/mol. The lowest BCUT2D eigenvalue weighted by Gasteiger charge is -2.29. The maximum atomic E-state index is 12.3. The molecule has 122 valence electrons. The first kappa shape index (κ1) is 17.2. The van der Waals surface area contributed by atoms with E-state index >= 15 is 0 Å². The van der Waals surface area contributed by atoms with Crippen molar-refractivity contribution in [3.8, 4) is 0 Å². The molecule has 2 aromatic rings. The quantitative estimate of drug-likeness (QED) is 0.787. The Labute approximate surface area is 138 Å². The van der Waals surface area contributed by atoms with Crippen molar-refractivity contribution in [1.29, 1.82) is 0 Å². The Kier molecular flexibility index (Phi) is 6.36. The molecule has 0 aliphatic carbocycles. The van der Waals surface area contributed by atoms with E-state index in [2.05, 4.69) is 43.4 Å². The molecule has 0 fully saturated rings. The average Bonchev–Trinajstić information content (AvgIpc) is 2.59. The molecule has 0 radical (unpaired) electrons. The number of rotatable bonds is 7. The summed E-state index contributed by atoms with van der Waals surface area (Å²) >= 11 is 0. The molecular weight excluding hydrogens is 286 g/mol. The van der Waals surface area contributed by atoms with E-state index in [1.165, 1.54) is 12.7 Å². The first-order valence-electron chi connectivity index (χ1n) is 8.03. The highest BCUT2D eigenvalue weighted by atomic mass is 16.5. The first-order chi connectivity index (χ1) is 11.1. The summed E-state index contributed by atoms with van der Waals surface area (Å²) in [6.45, 7) is 4.82. The number of nitrogens with one attached hydrogen (secondary N) is 1. The minimum atomic E-state index is -0.230. The van der Waals surface area contributed by atoms with Crippen molar-refractivity contribution in [1.82, 2.24) is 5.32 Å². The van der Waals surface area contributed by atoms with E-state index in [0.717, 1.165) is 5.56 Å². The van der Waals surface area contributed by atoms with Crippen molar-refractivity contribution in [2.75, 3.05) is 7.11 Å². The lowest BCUT2D eigenvalue weighted by atomic mass is 9.84. The van der Waals surface area contributed by atoms with Crippen LogP contribution in [0.4, 0.5) is 0 Å². The second-order valence-electron chi connectivity index (χ2n) is 6.05. The molecule has 23 heavy (non-hydrogen) atoms. The molecule has 3 heteroatoms. The van der Waals surface area contributed by atoms with Crippen molar-refractivity contribution < 1.29 is 9.53 Å². The molecule has 0 saturated heterocycles. The number of benzene rings is 2. The molecule has 1 N–H and O–H groups in total. The molecule has 2 rings (SSSR count). The fourth-order valence-electron chi connectivity index (χ4n) is 2.87. The van der Waals surface area contributed by atoms with Gasteiger partial charge >= 0.3 is 5.97 Å². The predicted octanol–water partition coefficient (Wildman–Crippen LogP) is 3.96. The van der Waals surface area contributed by atoms with E-state index in [4.69, 9.17) is 4.74 Å². The summed E-state index contributed by atoms with van der Waals surface area (Å²) in [7, 11) is 1.46. The van der Waals surface area contributed by atoms with Gasteiger partial charge in [-0.1, -0.05) is 74.5 Å². The van der Waals surface area contributed by atoms with Crippen LogP contribution in [0, 0.1) is 11.8 Å². The van der Waals surface area contributed by atoms with Crippen LogP contribution < -0.4 is 5.32 Å². The van der Waals surface area contributed by atoms with Gasteiger partial charge in [-0.25, -0.2) is 0 Å². The maximum absolute atomic E-state index is 12.3. The molecule has 0 unspecified atom stereocenters. The van der Waals surface area contributed by atoms with Crippen molar-refractivity contribution in [2.45, 2.75) is 26.4 Å². The first-order valence-corrected chi connectivity index (χ1v) is 8.03. The molecular formula is C20H25NO2. The average molecular weight is 311 g/mol. The van der Waals surface area contributed by atoms with Gasteiger partial charge in [0.2, 0.25) is 0 Å². The number of carbonyl (C=O) groups excluding carboxylic acids is 1. The highest BCUT2D eigenvalue weighted by molar-refractivity contribution is 5.73. The fourth-order valence-corrected chi connectivity index (χ4v) is 2.87. The van der Waals surface area contributed by atoms with Gasteiger partial charge < -0.3 is 10.1 Å². The van der Waals surface area contributed by atoms with Crippen LogP contribution in [-0.4, -0.2) is 13.1 Å². The number of esters is 1. The number of hydrogen-bond donors (Lipinski definition) is 1. The molecule has 2 aromatic carbocycles. The van der Waals surface area contributed by atoms with E-state index < -0.39 is 0 Å². The van der Waals surface area contributed by atoms with E-state index in [0.29, 0.717) is 6.54 Å². The zero-order valence-corrected chi connectivity index (χ0v) is 14.0. The molecule has 2 atom stereocenters. The van der Waals surface area contributed by atoms with Gasteiger partial charge in [-0.05, 0) is 17.0 Å². The van der Waals surface area contributed by atoms with Gasteiger partial charge in [0.1, 0.15) is 0 Å². The van der Waals surface area contributed by atoms with Crippen LogP contribution in [-0.2, 0) is 16.1 Å². The van der Waals surface area contributed by atoms with Gasteiger partial charge in [-0.15, -0.1) is 0 Å². The summed E-state index contributed by atoms with van der Waals surface area (Å²) in [6.07, 6.45) is 0. The van der Waals surface area contributed by atoms with E-state index in [1.54, 1.807) is 0 Å². The minimum absolute atomic E-state index is 0.0798. The summed E-state index contributed by atoms with van der Waals surface area (Å²) < 4.78 is 5.05. The minimum Gasteiger partial charge on any atom is -0.469 e. The lowest BCUT2D eigenvalue weighted by Crippen LogP contribution is -2.36. The number of carbonyl (C=O) groups is 1. The van der Waals surface area contributed by atoms with Crippen LogP contribution in [0.3, 0.4) is 0 Å². The van der Waals surface area contributed by atoms with Crippen LogP contribution in [0.5, 0.6) is 0 Å². The Balaban J connectivity index is 2.25. The molecule has 0 aliphatic heterocycles. The molecule has 0 aromatic heterocycles. The van der Waals surface area contributed by atoms with Crippen LogP contribution in [0.2, 0.25) is 0 Å². The third-order valence-corrected chi connectivity index (χ3v) is 4.08. The topological polar surface area (TPSA) is 38.3 Å². The SMILES string of the molecule is COC(=O)[C@@H](C(C)C)[C@H](NCc1ccccc1)c1ccccc1. The zero-order valence-electron chi connectivity index (χ0n) is 14.0. The Morgan fingerprint density at radius 1 is 1.00 bits per heavy atom. The second-order valence-corrected chi connectivity index (χ2v) is 6.05.